The summed E-state index contributed by atoms with van der Waals surface area (Å²) in [6.45, 7) is -0.234. The number of benzene rings is 1. The molecule has 1 saturated heterocycles. The molecule has 33 heavy (non-hydrogen) atoms. The van der Waals surface area contributed by atoms with Crippen LogP contribution in [0.1, 0.15) is 16.7 Å². The summed E-state index contributed by atoms with van der Waals surface area (Å²) < 4.78 is 105. The van der Waals surface area contributed by atoms with Crippen molar-refractivity contribution in [3.8, 4) is 0 Å². The van der Waals surface area contributed by atoms with E-state index in [0.717, 1.165) is 22.5 Å². The Hall–Kier alpha value is -2.87. The number of aliphatic carboxylic acids is 1. The summed E-state index contributed by atoms with van der Waals surface area (Å²) in [6.07, 6.45) is -9.57. The molecule has 2 aromatic rings. The van der Waals surface area contributed by atoms with E-state index < -0.39 is 50.8 Å². The number of rotatable bonds is 5. The lowest BCUT2D eigenvalue weighted by molar-refractivity contribution is -0.139. The Morgan fingerprint density at radius 2 is 1.55 bits per heavy atom. The van der Waals surface area contributed by atoms with Crippen LogP contribution in [0.2, 0.25) is 0 Å². The highest BCUT2D eigenvalue weighted by atomic mass is 32.2. The number of piperazine rings is 1. The molecule has 0 amide bonds. The maximum atomic E-state index is 13.2. The standard InChI is InChI=1S/C19H17F6N3O4S/c20-18(21,22)13-1-2-16(26-11-13)27-3-5-28(6-4-27)33(31,32)15-8-12(9-17(29)30)7-14(10-15)19(23,24)25/h1-2,7-8,10-11H,3-6,9H2,(H,29,30). The normalized spacial score (nSPS) is 16.1. The maximum absolute atomic E-state index is 13.2. The molecule has 14 heteroatoms. The van der Waals surface area contributed by atoms with Crippen LogP contribution >= 0.6 is 0 Å². The first-order valence-corrected chi connectivity index (χ1v) is 10.8. The number of carbonyl (C=O) groups is 1. The van der Waals surface area contributed by atoms with Gasteiger partial charge in [0.05, 0.1) is 22.4 Å². The van der Waals surface area contributed by atoms with Crippen molar-refractivity contribution in [2.75, 3.05) is 31.1 Å². The Morgan fingerprint density at radius 1 is 0.939 bits per heavy atom. The van der Waals surface area contributed by atoms with E-state index >= 15 is 0 Å². The van der Waals surface area contributed by atoms with Crippen LogP contribution in [0, 0.1) is 0 Å². The van der Waals surface area contributed by atoms with E-state index in [1.54, 1.807) is 4.90 Å². The van der Waals surface area contributed by atoms with Crippen LogP contribution < -0.4 is 4.90 Å². The van der Waals surface area contributed by atoms with Crippen molar-refractivity contribution >= 4 is 21.8 Å². The molecule has 0 atom stereocenters. The molecule has 0 bridgehead atoms. The minimum absolute atomic E-state index is 0.0402. The van der Waals surface area contributed by atoms with E-state index in [2.05, 4.69) is 4.98 Å². The van der Waals surface area contributed by atoms with Crippen molar-refractivity contribution in [3.05, 3.63) is 53.2 Å². The average Bonchev–Trinajstić information content (AvgIpc) is 2.72. The maximum Gasteiger partial charge on any atom is 0.417 e. The van der Waals surface area contributed by atoms with E-state index in [-0.39, 0.29) is 37.6 Å². The van der Waals surface area contributed by atoms with E-state index in [1.807, 2.05) is 0 Å². The van der Waals surface area contributed by atoms with Gasteiger partial charge >= 0.3 is 18.3 Å². The Labute approximate surface area is 184 Å². The van der Waals surface area contributed by atoms with E-state index in [9.17, 15) is 39.6 Å². The van der Waals surface area contributed by atoms with Gasteiger partial charge in [0.1, 0.15) is 5.82 Å². The van der Waals surface area contributed by atoms with Crippen LogP contribution in [-0.2, 0) is 33.6 Å². The van der Waals surface area contributed by atoms with Gasteiger partial charge in [0.25, 0.3) is 0 Å². The van der Waals surface area contributed by atoms with Gasteiger partial charge < -0.3 is 10.0 Å². The summed E-state index contributed by atoms with van der Waals surface area (Å²) in [5.74, 6) is -1.22. The Morgan fingerprint density at radius 3 is 2.03 bits per heavy atom. The minimum Gasteiger partial charge on any atom is -0.481 e. The fourth-order valence-electron chi connectivity index (χ4n) is 3.30. The van der Waals surface area contributed by atoms with Crippen molar-refractivity contribution in [1.29, 1.82) is 0 Å². The SMILES string of the molecule is O=C(O)Cc1cc(C(F)(F)F)cc(S(=O)(=O)N2CCN(c3ccc(C(F)(F)F)cn3)CC2)c1. The zero-order valence-electron chi connectivity index (χ0n) is 16.7. The van der Waals surface area contributed by atoms with Gasteiger partial charge in [-0.15, -0.1) is 0 Å². The molecule has 0 aliphatic carbocycles. The lowest BCUT2D eigenvalue weighted by Gasteiger charge is -2.34. The average molecular weight is 497 g/mol. The van der Waals surface area contributed by atoms with E-state index in [0.29, 0.717) is 18.3 Å². The van der Waals surface area contributed by atoms with Crippen LogP contribution in [0.5, 0.6) is 0 Å². The number of alkyl halides is 6. The first kappa shape index (κ1) is 24.8. The molecule has 1 aliphatic heterocycles. The minimum atomic E-state index is -4.88. The number of halogens is 6. The highest BCUT2D eigenvalue weighted by Crippen LogP contribution is 2.33. The summed E-state index contributed by atoms with van der Waals surface area (Å²) in [4.78, 5) is 15.5. The monoisotopic (exact) mass is 497 g/mol. The Balaban J connectivity index is 1.80. The summed E-state index contributed by atoms with van der Waals surface area (Å²) in [6, 6.07) is 3.92. The Kier molecular flexibility index (Phi) is 6.62. The molecule has 0 radical (unpaired) electrons. The number of sulfonamides is 1. The molecule has 0 saturated carbocycles. The smallest absolute Gasteiger partial charge is 0.417 e. The van der Waals surface area contributed by atoms with E-state index in [1.165, 1.54) is 0 Å². The zero-order chi connectivity index (χ0) is 24.6. The molecule has 3 rings (SSSR count). The van der Waals surface area contributed by atoms with Gasteiger partial charge in [0, 0.05) is 32.4 Å². The van der Waals surface area contributed by atoms with Crippen LogP contribution in [-0.4, -0.2) is 55.0 Å². The van der Waals surface area contributed by atoms with Crippen molar-refractivity contribution in [1.82, 2.24) is 9.29 Å². The number of hydrogen-bond acceptors (Lipinski definition) is 5. The van der Waals surface area contributed by atoms with Crippen molar-refractivity contribution in [3.63, 3.8) is 0 Å². The molecule has 1 aromatic heterocycles. The fraction of sp³-hybridized carbons (Fsp3) is 0.368. The van der Waals surface area contributed by atoms with Gasteiger partial charge in [-0.1, -0.05) is 0 Å². The van der Waals surface area contributed by atoms with Gasteiger partial charge in [-0.05, 0) is 35.9 Å². The van der Waals surface area contributed by atoms with Crippen molar-refractivity contribution in [2.24, 2.45) is 0 Å². The van der Waals surface area contributed by atoms with Crippen molar-refractivity contribution < 1.29 is 44.7 Å². The van der Waals surface area contributed by atoms with Gasteiger partial charge in [-0.2, -0.15) is 30.6 Å². The molecule has 7 nitrogen and oxygen atoms in total. The number of anilines is 1. The third kappa shape index (κ3) is 5.74. The lowest BCUT2D eigenvalue weighted by Crippen LogP contribution is -2.49. The van der Waals surface area contributed by atoms with Gasteiger partial charge in [0.15, 0.2) is 0 Å². The van der Waals surface area contributed by atoms with Crippen LogP contribution in [0.15, 0.2) is 41.4 Å². The van der Waals surface area contributed by atoms with Crippen LogP contribution in [0.4, 0.5) is 32.2 Å². The molecular weight excluding hydrogens is 480 g/mol. The largest absolute Gasteiger partial charge is 0.481 e. The molecule has 180 valence electrons. The number of aromatic nitrogens is 1. The quantitative estimate of drug-likeness (QED) is 0.638. The first-order chi connectivity index (χ1) is 15.2. The molecule has 1 fully saturated rings. The molecule has 1 aromatic carbocycles. The van der Waals surface area contributed by atoms with Crippen molar-refractivity contribution in [2.45, 2.75) is 23.7 Å². The highest BCUT2D eigenvalue weighted by molar-refractivity contribution is 7.89. The predicted molar refractivity (Wildman–Crippen MR) is 103 cm³/mol. The second kappa shape index (κ2) is 8.82. The van der Waals surface area contributed by atoms with E-state index in [4.69, 9.17) is 5.11 Å². The summed E-state index contributed by atoms with van der Waals surface area (Å²) in [5.41, 5.74) is -2.54. The molecule has 1 aliphatic rings. The predicted octanol–water partition coefficient (Wildman–Crippen LogP) is 3.26. The number of nitrogens with zero attached hydrogens (tertiary/aromatic N) is 3. The third-order valence-corrected chi connectivity index (χ3v) is 6.80. The highest BCUT2D eigenvalue weighted by Gasteiger charge is 2.35. The summed E-state index contributed by atoms with van der Waals surface area (Å²) in [5, 5.41) is 8.89. The summed E-state index contributed by atoms with van der Waals surface area (Å²) in [7, 11) is -4.39. The number of hydrogen-bond donors (Lipinski definition) is 1. The first-order valence-electron chi connectivity index (χ1n) is 9.39. The van der Waals surface area contributed by atoms with Crippen LogP contribution in [0.25, 0.3) is 0 Å². The summed E-state index contributed by atoms with van der Waals surface area (Å²) >= 11 is 0. The second-order valence-electron chi connectivity index (χ2n) is 7.23. The number of pyridine rings is 1. The fourth-order valence-corrected chi connectivity index (χ4v) is 4.82. The van der Waals surface area contributed by atoms with Crippen LogP contribution in [0.3, 0.4) is 0 Å². The number of carboxylic acids is 1. The third-order valence-electron chi connectivity index (χ3n) is 4.92. The molecule has 1 N–H and O–H groups in total. The topological polar surface area (TPSA) is 90.8 Å². The molecule has 0 unspecified atom stereocenters. The molecular formula is C19H17F6N3O4S. The molecule has 2 heterocycles. The second-order valence-corrected chi connectivity index (χ2v) is 9.17. The molecule has 0 spiro atoms. The lowest BCUT2D eigenvalue weighted by atomic mass is 10.1. The Bertz CT molecular complexity index is 1130. The van der Waals surface area contributed by atoms with Gasteiger partial charge in [-0.25, -0.2) is 13.4 Å². The zero-order valence-corrected chi connectivity index (χ0v) is 17.5. The van der Waals surface area contributed by atoms with Gasteiger partial charge in [0.2, 0.25) is 10.0 Å². The van der Waals surface area contributed by atoms with Gasteiger partial charge in [-0.3, -0.25) is 4.79 Å². The number of carboxylic acid groups (broad SMARTS) is 1.